The molecule has 0 fully saturated rings. The third-order valence-corrected chi connectivity index (χ3v) is 2.11. The molecule has 6 heteroatoms. The number of pyridine rings is 1. The fourth-order valence-electron chi connectivity index (χ4n) is 1.33. The van der Waals surface area contributed by atoms with E-state index in [1.165, 1.54) is 12.3 Å². The van der Waals surface area contributed by atoms with Gasteiger partial charge in [-0.2, -0.15) is 0 Å². The van der Waals surface area contributed by atoms with Crippen LogP contribution in [-0.4, -0.2) is 29.5 Å². The highest BCUT2D eigenvalue weighted by Gasteiger charge is 2.14. The Morgan fingerprint density at radius 2 is 2.17 bits per heavy atom. The molecule has 3 N–H and O–H groups in total. The van der Waals surface area contributed by atoms with Gasteiger partial charge < -0.3 is 15.8 Å². The van der Waals surface area contributed by atoms with Crippen molar-refractivity contribution in [1.29, 1.82) is 0 Å². The molecule has 0 aliphatic rings. The zero-order chi connectivity index (χ0) is 13.7. The summed E-state index contributed by atoms with van der Waals surface area (Å²) in [5.74, 6) is -0.945. The standard InChI is InChI=1S/C12H17N3O3/c1-7(2)15-11(16)6-18-12(17)10-4-9(13)5-14-8(10)3/h4-5,7H,6,13H2,1-3H3,(H,15,16). The molecule has 0 aliphatic carbocycles. The van der Waals surface area contributed by atoms with Gasteiger partial charge in [-0.3, -0.25) is 9.78 Å². The van der Waals surface area contributed by atoms with Crippen molar-refractivity contribution in [3.63, 3.8) is 0 Å². The van der Waals surface area contributed by atoms with E-state index < -0.39 is 5.97 Å². The quantitative estimate of drug-likeness (QED) is 0.766. The Kier molecular flexibility index (Phi) is 4.65. The molecule has 18 heavy (non-hydrogen) atoms. The molecule has 1 aromatic heterocycles. The predicted molar refractivity (Wildman–Crippen MR) is 66.9 cm³/mol. The summed E-state index contributed by atoms with van der Waals surface area (Å²) in [6, 6.07) is 1.48. The van der Waals surface area contributed by atoms with Crippen molar-refractivity contribution in [2.75, 3.05) is 12.3 Å². The van der Waals surface area contributed by atoms with Crippen molar-refractivity contribution in [3.8, 4) is 0 Å². The second kappa shape index (κ2) is 6.00. The maximum atomic E-state index is 11.7. The maximum absolute atomic E-state index is 11.7. The van der Waals surface area contributed by atoms with Gasteiger partial charge in [-0.25, -0.2) is 4.79 Å². The van der Waals surface area contributed by atoms with Crippen LogP contribution < -0.4 is 11.1 Å². The van der Waals surface area contributed by atoms with E-state index in [0.29, 0.717) is 11.4 Å². The van der Waals surface area contributed by atoms with Gasteiger partial charge in [0, 0.05) is 6.04 Å². The monoisotopic (exact) mass is 251 g/mol. The summed E-state index contributed by atoms with van der Waals surface area (Å²) < 4.78 is 4.88. The van der Waals surface area contributed by atoms with Gasteiger partial charge in [-0.15, -0.1) is 0 Å². The molecule has 1 aromatic rings. The van der Waals surface area contributed by atoms with Crippen LogP contribution in [0.25, 0.3) is 0 Å². The first-order valence-electron chi connectivity index (χ1n) is 5.58. The molecule has 0 aliphatic heterocycles. The normalized spacial score (nSPS) is 10.2. The summed E-state index contributed by atoms with van der Waals surface area (Å²) in [6.07, 6.45) is 1.46. The van der Waals surface area contributed by atoms with Gasteiger partial charge >= 0.3 is 5.97 Å². The van der Waals surface area contributed by atoms with Crippen LogP contribution in [0, 0.1) is 6.92 Å². The summed E-state index contributed by atoms with van der Waals surface area (Å²) >= 11 is 0. The van der Waals surface area contributed by atoms with E-state index in [9.17, 15) is 9.59 Å². The van der Waals surface area contributed by atoms with Crippen molar-refractivity contribution in [2.24, 2.45) is 0 Å². The van der Waals surface area contributed by atoms with Gasteiger partial charge in [0.05, 0.1) is 23.1 Å². The SMILES string of the molecule is Cc1ncc(N)cc1C(=O)OCC(=O)NC(C)C. The van der Waals surface area contributed by atoms with Crippen LogP contribution in [-0.2, 0) is 9.53 Å². The summed E-state index contributed by atoms with van der Waals surface area (Å²) in [7, 11) is 0. The highest BCUT2D eigenvalue weighted by atomic mass is 16.5. The average Bonchev–Trinajstić information content (AvgIpc) is 2.28. The van der Waals surface area contributed by atoms with Gasteiger partial charge in [0.25, 0.3) is 5.91 Å². The second-order valence-corrected chi connectivity index (χ2v) is 4.20. The molecule has 0 aromatic carbocycles. The van der Waals surface area contributed by atoms with E-state index in [-0.39, 0.29) is 24.1 Å². The average molecular weight is 251 g/mol. The van der Waals surface area contributed by atoms with Crippen LogP contribution in [0.4, 0.5) is 5.69 Å². The van der Waals surface area contributed by atoms with Crippen LogP contribution in [0.3, 0.4) is 0 Å². The number of nitrogens with one attached hydrogen (secondary N) is 1. The smallest absolute Gasteiger partial charge is 0.340 e. The summed E-state index contributed by atoms with van der Waals surface area (Å²) in [4.78, 5) is 27.0. The number of rotatable bonds is 4. The molecule has 1 heterocycles. The van der Waals surface area contributed by atoms with E-state index in [1.54, 1.807) is 6.92 Å². The molecule has 1 rings (SSSR count). The number of nitrogens with zero attached hydrogens (tertiary/aromatic N) is 1. The van der Waals surface area contributed by atoms with Crippen LogP contribution in [0.2, 0.25) is 0 Å². The molecule has 0 saturated heterocycles. The third kappa shape index (κ3) is 4.04. The van der Waals surface area contributed by atoms with E-state index in [4.69, 9.17) is 10.5 Å². The van der Waals surface area contributed by atoms with E-state index >= 15 is 0 Å². The summed E-state index contributed by atoms with van der Waals surface area (Å²) in [6.45, 7) is 5.01. The zero-order valence-corrected chi connectivity index (χ0v) is 10.7. The number of aromatic nitrogens is 1. The molecule has 0 radical (unpaired) electrons. The zero-order valence-electron chi connectivity index (χ0n) is 10.7. The largest absolute Gasteiger partial charge is 0.452 e. The van der Waals surface area contributed by atoms with E-state index in [2.05, 4.69) is 10.3 Å². The molecule has 6 nitrogen and oxygen atoms in total. The number of aryl methyl sites for hydroxylation is 1. The maximum Gasteiger partial charge on any atom is 0.340 e. The molecule has 0 saturated carbocycles. The lowest BCUT2D eigenvalue weighted by Gasteiger charge is -2.09. The minimum absolute atomic E-state index is 0.00646. The lowest BCUT2D eigenvalue weighted by molar-refractivity contribution is -0.124. The fraction of sp³-hybridized carbons (Fsp3) is 0.417. The molecule has 1 amide bonds. The van der Waals surface area contributed by atoms with Crippen molar-refractivity contribution in [2.45, 2.75) is 26.8 Å². The van der Waals surface area contributed by atoms with Crippen LogP contribution in [0.15, 0.2) is 12.3 Å². The van der Waals surface area contributed by atoms with Crippen molar-refractivity contribution in [1.82, 2.24) is 10.3 Å². The Morgan fingerprint density at radius 1 is 1.50 bits per heavy atom. The summed E-state index contributed by atoms with van der Waals surface area (Å²) in [5, 5.41) is 2.62. The van der Waals surface area contributed by atoms with Crippen LogP contribution in [0.1, 0.15) is 29.9 Å². The number of amides is 1. The third-order valence-electron chi connectivity index (χ3n) is 2.11. The minimum Gasteiger partial charge on any atom is -0.452 e. The van der Waals surface area contributed by atoms with Gasteiger partial charge in [0.2, 0.25) is 0 Å². The number of esters is 1. The Hall–Kier alpha value is -2.11. The molecule has 0 atom stereocenters. The number of anilines is 1. The second-order valence-electron chi connectivity index (χ2n) is 4.20. The predicted octanol–water partition coefficient (Wildman–Crippen LogP) is 0.654. The van der Waals surface area contributed by atoms with Crippen molar-refractivity contribution >= 4 is 17.6 Å². The van der Waals surface area contributed by atoms with Crippen molar-refractivity contribution in [3.05, 3.63) is 23.5 Å². The fourth-order valence-corrected chi connectivity index (χ4v) is 1.33. The highest BCUT2D eigenvalue weighted by molar-refractivity contribution is 5.93. The van der Waals surface area contributed by atoms with Crippen molar-refractivity contribution < 1.29 is 14.3 Å². The number of nitrogens with two attached hydrogens (primary N) is 1. The number of ether oxygens (including phenoxy) is 1. The highest BCUT2D eigenvalue weighted by Crippen LogP contribution is 2.10. The minimum atomic E-state index is -0.605. The van der Waals surface area contributed by atoms with Gasteiger partial charge in [0.15, 0.2) is 6.61 Å². The van der Waals surface area contributed by atoms with Gasteiger partial charge in [-0.1, -0.05) is 0 Å². The lowest BCUT2D eigenvalue weighted by atomic mass is 10.2. The van der Waals surface area contributed by atoms with E-state index in [1.807, 2.05) is 13.8 Å². The number of hydrogen-bond acceptors (Lipinski definition) is 5. The Balaban J connectivity index is 2.60. The van der Waals surface area contributed by atoms with Gasteiger partial charge in [0.1, 0.15) is 0 Å². The van der Waals surface area contributed by atoms with E-state index in [0.717, 1.165) is 0 Å². The molecule has 0 bridgehead atoms. The first-order valence-corrected chi connectivity index (χ1v) is 5.58. The number of nitrogen functional groups attached to an aromatic ring is 1. The molecular weight excluding hydrogens is 234 g/mol. The Bertz CT molecular complexity index is 458. The summed E-state index contributed by atoms with van der Waals surface area (Å²) in [5.41, 5.74) is 6.69. The topological polar surface area (TPSA) is 94.3 Å². The molecule has 0 unspecified atom stereocenters. The lowest BCUT2D eigenvalue weighted by Crippen LogP contribution is -2.34. The first-order chi connectivity index (χ1) is 8.40. The van der Waals surface area contributed by atoms with Crippen LogP contribution >= 0.6 is 0 Å². The number of carbonyl (C=O) groups excluding carboxylic acids is 2. The first kappa shape index (κ1) is 14.0. The molecule has 98 valence electrons. The Labute approximate surface area is 106 Å². The number of hydrogen-bond donors (Lipinski definition) is 2. The Morgan fingerprint density at radius 3 is 2.78 bits per heavy atom. The van der Waals surface area contributed by atoms with Crippen LogP contribution in [0.5, 0.6) is 0 Å². The number of carbonyl (C=O) groups is 2. The molecular formula is C12H17N3O3. The van der Waals surface area contributed by atoms with Gasteiger partial charge in [-0.05, 0) is 26.8 Å². The molecule has 0 spiro atoms.